The van der Waals surface area contributed by atoms with Crippen LogP contribution in [0.4, 0.5) is 0 Å². The summed E-state index contributed by atoms with van der Waals surface area (Å²) in [6.45, 7) is 3.31. The second kappa shape index (κ2) is 4.19. The number of hydrogen-bond donors (Lipinski definition) is 1. The van der Waals surface area contributed by atoms with Gasteiger partial charge in [-0.15, -0.1) is 0 Å². The van der Waals surface area contributed by atoms with Crippen LogP contribution in [0.15, 0.2) is 12.1 Å². The van der Waals surface area contributed by atoms with Crippen LogP contribution in [-0.2, 0) is 22.6 Å². The van der Waals surface area contributed by atoms with Gasteiger partial charge in [0.25, 0.3) is 0 Å². The van der Waals surface area contributed by atoms with E-state index in [4.69, 9.17) is 9.47 Å². The molecular weight excluding hydrogens is 234 g/mol. The quantitative estimate of drug-likeness (QED) is 0.755. The zero-order valence-electron chi connectivity index (χ0n) is 10.3. The Morgan fingerprint density at radius 2 is 2.33 bits per heavy atom. The normalized spacial score (nSPS) is 35.4. The SMILES string of the molecule is C[C@@H]1CO[C@@]2(C[C@@H]1O)Cn1c(C=O)ccc1CO2. The molecule has 1 saturated heterocycles. The van der Waals surface area contributed by atoms with Crippen molar-refractivity contribution in [2.24, 2.45) is 5.92 Å². The van der Waals surface area contributed by atoms with Crippen LogP contribution >= 0.6 is 0 Å². The molecule has 3 atom stereocenters. The Kier molecular flexibility index (Phi) is 2.77. The van der Waals surface area contributed by atoms with Crippen LogP contribution in [0.5, 0.6) is 0 Å². The van der Waals surface area contributed by atoms with Gasteiger partial charge in [0, 0.05) is 18.0 Å². The van der Waals surface area contributed by atoms with E-state index in [0.29, 0.717) is 31.9 Å². The Hall–Kier alpha value is -1.17. The molecule has 1 N–H and O–H groups in total. The topological polar surface area (TPSA) is 60.7 Å². The zero-order valence-corrected chi connectivity index (χ0v) is 10.3. The van der Waals surface area contributed by atoms with E-state index in [1.807, 2.05) is 17.6 Å². The first-order valence-corrected chi connectivity index (χ1v) is 6.23. The largest absolute Gasteiger partial charge is 0.393 e. The molecule has 0 bridgehead atoms. The van der Waals surface area contributed by atoms with E-state index in [1.165, 1.54) is 0 Å². The average molecular weight is 251 g/mol. The van der Waals surface area contributed by atoms with Gasteiger partial charge >= 0.3 is 0 Å². The number of nitrogens with zero attached hydrogens (tertiary/aromatic N) is 1. The van der Waals surface area contributed by atoms with Crippen LogP contribution < -0.4 is 0 Å². The molecule has 1 fully saturated rings. The molecule has 0 saturated carbocycles. The highest BCUT2D eigenvalue weighted by Crippen LogP contribution is 2.35. The van der Waals surface area contributed by atoms with Gasteiger partial charge < -0.3 is 19.1 Å². The summed E-state index contributed by atoms with van der Waals surface area (Å²) < 4.78 is 13.5. The van der Waals surface area contributed by atoms with Gasteiger partial charge in [0.2, 0.25) is 0 Å². The lowest BCUT2D eigenvalue weighted by Crippen LogP contribution is -2.52. The molecule has 0 aromatic carbocycles. The van der Waals surface area contributed by atoms with Gasteiger partial charge in [0.15, 0.2) is 12.1 Å². The number of aliphatic hydroxyl groups is 1. The fourth-order valence-corrected chi connectivity index (χ4v) is 2.63. The molecule has 1 spiro atoms. The van der Waals surface area contributed by atoms with Gasteiger partial charge in [-0.2, -0.15) is 0 Å². The van der Waals surface area contributed by atoms with Crippen molar-refractivity contribution < 1.29 is 19.4 Å². The maximum Gasteiger partial charge on any atom is 0.189 e. The van der Waals surface area contributed by atoms with E-state index in [1.54, 1.807) is 6.07 Å². The molecule has 3 heterocycles. The molecule has 2 aliphatic heterocycles. The number of aliphatic hydroxyl groups excluding tert-OH is 1. The third kappa shape index (κ3) is 1.79. The maximum atomic E-state index is 11.0. The average Bonchev–Trinajstić information content (AvgIpc) is 2.76. The Labute approximate surface area is 105 Å². The van der Waals surface area contributed by atoms with E-state index >= 15 is 0 Å². The molecular formula is C13H17NO4. The second-order valence-corrected chi connectivity index (χ2v) is 5.21. The van der Waals surface area contributed by atoms with Crippen LogP contribution in [0, 0.1) is 5.92 Å². The van der Waals surface area contributed by atoms with Gasteiger partial charge in [-0.25, -0.2) is 0 Å². The first-order valence-electron chi connectivity index (χ1n) is 6.23. The van der Waals surface area contributed by atoms with Crippen LogP contribution in [0.25, 0.3) is 0 Å². The molecule has 18 heavy (non-hydrogen) atoms. The van der Waals surface area contributed by atoms with Gasteiger partial charge in [-0.1, -0.05) is 6.92 Å². The lowest BCUT2D eigenvalue weighted by molar-refractivity contribution is -0.302. The molecule has 5 heteroatoms. The Morgan fingerprint density at radius 1 is 1.50 bits per heavy atom. The van der Waals surface area contributed by atoms with Crippen molar-refractivity contribution in [3.63, 3.8) is 0 Å². The first-order chi connectivity index (χ1) is 8.63. The van der Waals surface area contributed by atoms with E-state index < -0.39 is 11.9 Å². The summed E-state index contributed by atoms with van der Waals surface area (Å²) in [6, 6.07) is 3.67. The van der Waals surface area contributed by atoms with E-state index in [9.17, 15) is 9.90 Å². The van der Waals surface area contributed by atoms with E-state index in [0.717, 1.165) is 12.0 Å². The minimum absolute atomic E-state index is 0.121. The Bertz CT molecular complexity index is 470. The second-order valence-electron chi connectivity index (χ2n) is 5.21. The number of aromatic nitrogens is 1. The third-order valence-electron chi connectivity index (χ3n) is 3.89. The summed E-state index contributed by atoms with van der Waals surface area (Å²) in [6.07, 6.45) is 0.865. The highest BCUT2D eigenvalue weighted by molar-refractivity contribution is 5.72. The van der Waals surface area contributed by atoms with Crippen LogP contribution in [0.1, 0.15) is 29.5 Å². The van der Waals surface area contributed by atoms with Crippen molar-refractivity contribution in [3.8, 4) is 0 Å². The summed E-state index contributed by atoms with van der Waals surface area (Å²) in [5.41, 5.74) is 1.60. The van der Waals surface area contributed by atoms with Gasteiger partial charge in [0.05, 0.1) is 31.6 Å². The molecule has 5 nitrogen and oxygen atoms in total. The predicted octanol–water partition coefficient (Wildman–Crippen LogP) is 0.944. The van der Waals surface area contributed by atoms with Crippen LogP contribution in [-0.4, -0.2) is 34.5 Å². The van der Waals surface area contributed by atoms with Crippen LogP contribution in [0.2, 0.25) is 0 Å². The monoisotopic (exact) mass is 251 g/mol. The van der Waals surface area contributed by atoms with Gasteiger partial charge in [0.1, 0.15) is 0 Å². The van der Waals surface area contributed by atoms with Crippen molar-refractivity contribution in [2.45, 2.75) is 38.4 Å². The number of carbonyl (C=O) groups excluding carboxylic acids is 1. The van der Waals surface area contributed by atoms with Crippen LogP contribution in [0.3, 0.4) is 0 Å². The van der Waals surface area contributed by atoms with Crippen molar-refractivity contribution in [1.29, 1.82) is 0 Å². The van der Waals surface area contributed by atoms with Gasteiger partial charge in [-0.3, -0.25) is 4.79 Å². The Morgan fingerprint density at radius 3 is 3.06 bits per heavy atom. The molecule has 0 unspecified atom stereocenters. The first kappa shape index (κ1) is 11.9. The summed E-state index contributed by atoms with van der Waals surface area (Å²) in [5.74, 6) is -0.661. The maximum absolute atomic E-state index is 11.0. The summed E-state index contributed by atoms with van der Waals surface area (Å²) in [7, 11) is 0. The molecule has 3 rings (SSSR count). The molecule has 0 amide bonds. The number of hydrogen-bond acceptors (Lipinski definition) is 4. The number of carbonyl (C=O) groups is 1. The molecule has 1 aromatic heterocycles. The molecule has 98 valence electrons. The highest BCUT2D eigenvalue weighted by Gasteiger charge is 2.44. The van der Waals surface area contributed by atoms with Crippen molar-refractivity contribution in [2.75, 3.05) is 6.61 Å². The lowest BCUT2D eigenvalue weighted by atomic mass is 9.93. The van der Waals surface area contributed by atoms with E-state index in [-0.39, 0.29) is 5.92 Å². The smallest absolute Gasteiger partial charge is 0.189 e. The zero-order chi connectivity index (χ0) is 12.8. The predicted molar refractivity (Wildman–Crippen MR) is 63.1 cm³/mol. The fourth-order valence-electron chi connectivity index (χ4n) is 2.63. The lowest BCUT2D eigenvalue weighted by Gasteiger charge is -2.44. The van der Waals surface area contributed by atoms with Crippen molar-refractivity contribution >= 4 is 6.29 Å². The van der Waals surface area contributed by atoms with Crippen molar-refractivity contribution in [3.05, 3.63) is 23.5 Å². The minimum atomic E-state index is -0.782. The summed E-state index contributed by atoms with van der Waals surface area (Å²) in [4.78, 5) is 11.0. The van der Waals surface area contributed by atoms with Gasteiger partial charge in [-0.05, 0) is 12.1 Å². The van der Waals surface area contributed by atoms with E-state index in [2.05, 4.69) is 0 Å². The number of fused-ring (bicyclic) bond motifs is 1. The molecule has 2 aliphatic rings. The molecule has 0 aliphatic carbocycles. The minimum Gasteiger partial charge on any atom is -0.393 e. The fraction of sp³-hybridized carbons (Fsp3) is 0.615. The standard InChI is InChI=1S/C13H17NO4/c1-9-6-17-13(4-12(9)16)8-14-10(5-15)2-3-11(14)7-18-13/h2-3,5,9,12,16H,4,6-8H2,1H3/t9-,12+,13-/m1/s1. The number of aldehydes is 1. The number of ether oxygens (including phenoxy) is 2. The number of rotatable bonds is 1. The summed E-state index contributed by atoms with van der Waals surface area (Å²) >= 11 is 0. The highest BCUT2D eigenvalue weighted by atomic mass is 16.7. The summed E-state index contributed by atoms with van der Waals surface area (Å²) in [5, 5.41) is 9.98. The molecule has 0 radical (unpaired) electrons. The van der Waals surface area contributed by atoms with Crippen molar-refractivity contribution in [1.82, 2.24) is 4.57 Å². The molecule has 1 aromatic rings. The third-order valence-corrected chi connectivity index (χ3v) is 3.89. The Balaban J connectivity index is 1.87.